The van der Waals surface area contributed by atoms with Gasteiger partial charge in [0.25, 0.3) is 0 Å². The average molecular weight is 215 g/mol. The van der Waals surface area contributed by atoms with Gasteiger partial charge in [-0.05, 0) is 24.8 Å². The minimum Gasteiger partial charge on any atom is -0.316 e. The molecule has 0 aromatic rings. The Labute approximate surface area is 98.0 Å². The average Bonchev–Trinajstić information content (AvgIpc) is 2.72. The van der Waals surface area contributed by atoms with Gasteiger partial charge < -0.3 is 5.32 Å². The van der Waals surface area contributed by atoms with Crippen molar-refractivity contribution < 1.29 is 0 Å². The highest BCUT2D eigenvalue weighted by Gasteiger charge is 2.27. The van der Waals surface area contributed by atoms with E-state index in [0.717, 1.165) is 0 Å². The first-order chi connectivity index (χ1) is 7.27. The fourth-order valence-electron chi connectivity index (χ4n) is 1.88. The zero-order chi connectivity index (χ0) is 12.2. The Balaban J connectivity index is 0. The van der Waals surface area contributed by atoms with Gasteiger partial charge in [0.1, 0.15) is 0 Å². The topological polar surface area (TPSA) is 12.0 Å². The lowest BCUT2D eigenvalue weighted by Crippen LogP contribution is -2.19. The largest absolute Gasteiger partial charge is 0.316 e. The molecule has 1 aliphatic rings. The van der Waals surface area contributed by atoms with Crippen LogP contribution in [0.25, 0.3) is 0 Å². The molecular formula is C14H33N. The molecule has 1 nitrogen and oxygen atoms in total. The molecule has 1 N–H and O–H groups in total. The van der Waals surface area contributed by atoms with Gasteiger partial charge in [0, 0.05) is 6.54 Å². The monoisotopic (exact) mass is 215 g/mol. The summed E-state index contributed by atoms with van der Waals surface area (Å²) in [4.78, 5) is 0. The van der Waals surface area contributed by atoms with Gasteiger partial charge in [0.05, 0.1) is 0 Å². The molecule has 0 aromatic carbocycles. The van der Waals surface area contributed by atoms with Crippen molar-refractivity contribution in [2.45, 2.75) is 73.6 Å². The van der Waals surface area contributed by atoms with E-state index in [1.54, 1.807) is 0 Å². The third kappa shape index (κ3) is 8.92. The van der Waals surface area contributed by atoms with Crippen LogP contribution in [0.1, 0.15) is 73.6 Å². The lowest BCUT2D eigenvalue weighted by Gasteiger charge is -2.21. The first-order valence-electron chi connectivity index (χ1n) is 6.97. The Kier molecular flexibility index (Phi) is 13.9. The van der Waals surface area contributed by atoms with Crippen LogP contribution in [0, 0.1) is 5.41 Å². The maximum absolute atomic E-state index is 3.44. The van der Waals surface area contributed by atoms with Crippen LogP contribution < -0.4 is 5.32 Å². The second kappa shape index (κ2) is 12.0. The van der Waals surface area contributed by atoms with Crippen LogP contribution in [0.5, 0.6) is 0 Å². The molecule has 0 aromatic heterocycles. The van der Waals surface area contributed by atoms with Crippen molar-refractivity contribution in [3.05, 3.63) is 0 Å². The van der Waals surface area contributed by atoms with E-state index in [9.17, 15) is 0 Å². The zero-order valence-corrected chi connectivity index (χ0v) is 11.9. The van der Waals surface area contributed by atoms with E-state index in [1.165, 1.54) is 45.2 Å². The lowest BCUT2D eigenvalue weighted by atomic mass is 9.84. The first kappa shape index (κ1) is 17.4. The fourth-order valence-corrected chi connectivity index (χ4v) is 1.88. The van der Waals surface area contributed by atoms with Gasteiger partial charge in [-0.3, -0.25) is 0 Å². The molecule has 1 heterocycles. The summed E-state index contributed by atoms with van der Waals surface area (Å²) >= 11 is 0. The van der Waals surface area contributed by atoms with E-state index in [0.29, 0.717) is 5.41 Å². The summed E-state index contributed by atoms with van der Waals surface area (Å²) in [5, 5.41) is 3.44. The van der Waals surface area contributed by atoms with Crippen LogP contribution in [0.4, 0.5) is 0 Å². The van der Waals surface area contributed by atoms with Crippen LogP contribution in [-0.2, 0) is 0 Å². The highest BCUT2D eigenvalue weighted by atomic mass is 14.9. The lowest BCUT2D eigenvalue weighted by molar-refractivity contribution is 0.320. The quantitative estimate of drug-likeness (QED) is 0.675. The van der Waals surface area contributed by atoms with Crippen LogP contribution in [0.2, 0.25) is 0 Å². The number of unbranched alkanes of at least 4 members (excludes halogenated alkanes) is 2. The summed E-state index contributed by atoms with van der Waals surface area (Å²) in [6, 6.07) is 0. The second-order valence-corrected chi connectivity index (χ2v) is 4.19. The van der Waals surface area contributed by atoms with Crippen molar-refractivity contribution in [3.63, 3.8) is 0 Å². The van der Waals surface area contributed by atoms with Gasteiger partial charge >= 0.3 is 0 Å². The number of hydrogen-bond acceptors (Lipinski definition) is 1. The predicted molar refractivity (Wildman–Crippen MR) is 72.4 cm³/mol. The third-order valence-corrected chi connectivity index (χ3v) is 2.84. The van der Waals surface area contributed by atoms with E-state index in [4.69, 9.17) is 0 Å². The van der Waals surface area contributed by atoms with Gasteiger partial charge in [0.15, 0.2) is 0 Å². The van der Waals surface area contributed by atoms with E-state index in [1.807, 2.05) is 27.7 Å². The molecule has 0 bridgehead atoms. The Bertz CT molecular complexity index is 104. The Morgan fingerprint density at radius 1 is 1.07 bits per heavy atom. The highest BCUT2D eigenvalue weighted by Crippen LogP contribution is 2.30. The summed E-state index contributed by atoms with van der Waals surface area (Å²) < 4.78 is 0. The minimum atomic E-state index is 0.634. The maximum atomic E-state index is 3.44. The van der Waals surface area contributed by atoms with E-state index >= 15 is 0 Å². The molecule has 1 unspecified atom stereocenters. The molecule has 0 saturated carbocycles. The van der Waals surface area contributed by atoms with Gasteiger partial charge in [-0.25, -0.2) is 0 Å². The van der Waals surface area contributed by atoms with E-state index in [2.05, 4.69) is 19.2 Å². The zero-order valence-electron chi connectivity index (χ0n) is 11.9. The molecule has 1 heteroatoms. The first-order valence-corrected chi connectivity index (χ1v) is 6.97. The third-order valence-electron chi connectivity index (χ3n) is 2.84. The number of rotatable bonds is 4. The highest BCUT2D eigenvalue weighted by molar-refractivity contribution is 4.83. The van der Waals surface area contributed by atoms with Crippen molar-refractivity contribution in [3.8, 4) is 0 Å². The molecule has 1 saturated heterocycles. The second-order valence-electron chi connectivity index (χ2n) is 4.19. The van der Waals surface area contributed by atoms with Crippen molar-refractivity contribution in [2.75, 3.05) is 13.1 Å². The Morgan fingerprint density at radius 2 is 1.67 bits per heavy atom. The van der Waals surface area contributed by atoms with Crippen molar-refractivity contribution in [2.24, 2.45) is 5.41 Å². The summed E-state index contributed by atoms with van der Waals surface area (Å²) in [5.41, 5.74) is 0.634. The Hall–Kier alpha value is -0.0400. The van der Waals surface area contributed by atoms with Crippen molar-refractivity contribution >= 4 is 0 Å². The SMILES string of the molecule is CC.CC.CCCCCC1(C)CCNC1. The minimum absolute atomic E-state index is 0.634. The summed E-state index contributed by atoms with van der Waals surface area (Å²) in [5.74, 6) is 0. The molecule has 1 atom stereocenters. The van der Waals surface area contributed by atoms with Gasteiger partial charge in [-0.1, -0.05) is 60.8 Å². The van der Waals surface area contributed by atoms with Crippen LogP contribution in [-0.4, -0.2) is 13.1 Å². The molecule has 0 radical (unpaired) electrons. The van der Waals surface area contributed by atoms with Crippen molar-refractivity contribution in [1.82, 2.24) is 5.32 Å². The van der Waals surface area contributed by atoms with Crippen LogP contribution in [0.3, 0.4) is 0 Å². The van der Waals surface area contributed by atoms with E-state index < -0.39 is 0 Å². The van der Waals surface area contributed by atoms with Crippen LogP contribution in [0.15, 0.2) is 0 Å². The predicted octanol–water partition coefficient (Wildman–Crippen LogP) is 4.62. The van der Waals surface area contributed by atoms with E-state index in [-0.39, 0.29) is 0 Å². The summed E-state index contributed by atoms with van der Waals surface area (Å²) in [7, 11) is 0. The molecule has 1 rings (SSSR count). The maximum Gasteiger partial charge on any atom is 0.000564 e. The molecule has 0 spiro atoms. The van der Waals surface area contributed by atoms with Gasteiger partial charge in [0.2, 0.25) is 0 Å². The molecule has 1 aliphatic heterocycles. The smallest absolute Gasteiger partial charge is 0.000564 e. The fraction of sp³-hybridized carbons (Fsp3) is 1.00. The van der Waals surface area contributed by atoms with Gasteiger partial charge in [-0.2, -0.15) is 0 Å². The van der Waals surface area contributed by atoms with Crippen LogP contribution >= 0.6 is 0 Å². The molecule has 15 heavy (non-hydrogen) atoms. The summed E-state index contributed by atoms with van der Waals surface area (Å²) in [6.45, 7) is 15.2. The normalized spacial score (nSPS) is 23.6. The summed E-state index contributed by atoms with van der Waals surface area (Å²) in [6.07, 6.45) is 7.00. The molecule has 0 amide bonds. The standard InChI is InChI=1S/C10H21N.2C2H6/c1-3-4-5-6-10(2)7-8-11-9-10;2*1-2/h11H,3-9H2,1-2H3;2*1-2H3. The van der Waals surface area contributed by atoms with Gasteiger partial charge in [-0.15, -0.1) is 0 Å². The number of nitrogens with one attached hydrogen (secondary N) is 1. The molecule has 94 valence electrons. The molecule has 1 fully saturated rings. The molecular weight excluding hydrogens is 182 g/mol. The molecule has 0 aliphatic carbocycles. The van der Waals surface area contributed by atoms with Crippen molar-refractivity contribution in [1.29, 1.82) is 0 Å². The Morgan fingerprint density at radius 3 is 2.07 bits per heavy atom. The number of hydrogen-bond donors (Lipinski definition) is 1.